The highest BCUT2D eigenvalue weighted by Gasteiger charge is 2.08. The van der Waals surface area contributed by atoms with Gasteiger partial charge in [0.2, 0.25) is 5.91 Å². The molecule has 0 unspecified atom stereocenters. The minimum atomic E-state index is -0.0637. The number of hydrogen-bond donors (Lipinski definition) is 2. The van der Waals surface area contributed by atoms with E-state index >= 15 is 0 Å². The Morgan fingerprint density at radius 3 is 2.85 bits per heavy atom. The molecule has 3 N–H and O–H groups in total. The molecule has 1 amide bonds. The Kier molecular flexibility index (Phi) is 4.74. The number of benzene rings is 1. The molecule has 0 radical (unpaired) electrons. The van der Waals surface area contributed by atoms with E-state index in [1.165, 1.54) is 17.3 Å². The van der Waals surface area contributed by atoms with Gasteiger partial charge in [-0.3, -0.25) is 4.79 Å². The molecular weight excluding hydrogens is 318 g/mol. The Morgan fingerprint density at radius 2 is 2.15 bits per heavy atom. The van der Waals surface area contributed by atoms with Gasteiger partial charge in [-0.05, 0) is 46.5 Å². The van der Waals surface area contributed by atoms with Crippen molar-refractivity contribution in [2.75, 3.05) is 11.1 Å². The van der Waals surface area contributed by atoms with Crippen molar-refractivity contribution in [1.29, 1.82) is 0 Å². The smallest absolute Gasteiger partial charge is 0.225 e. The van der Waals surface area contributed by atoms with Gasteiger partial charge in [0, 0.05) is 6.42 Å². The van der Waals surface area contributed by atoms with Gasteiger partial charge >= 0.3 is 0 Å². The Morgan fingerprint density at radius 1 is 1.40 bits per heavy atom. The monoisotopic (exact) mass is 333 g/mol. The number of pyridine rings is 1. The first kappa shape index (κ1) is 14.5. The lowest BCUT2D eigenvalue weighted by Gasteiger charge is -2.08. The van der Waals surface area contributed by atoms with E-state index in [2.05, 4.69) is 26.2 Å². The number of halogens is 1. The van der Waals surface area contributed by atoms with E-state index < -0.39 is 0 Å². The van der Waals surface area contributed by atoms with Crippen LogP contribution in [0.4, 0.5) is 11.5 Å². The van der Waals surface area contributed by atoms with Crippen LogP contribution in [0, 0.1) is 6.92 Å². The number of rotatable bonds is 4. The van der Waals surface area contributed by atoms with E-state index in [1.807, 2.05) is 31.2 Å². The number of nitrogens with one attached hydrogen (secondary N) is 1. The number of nitrogens with two attached hydrogens (primary N) is 1. The second-order valence-corrected chi connectivity index (χ2v) is 5.43. The van der Waals surface area contributed by atoms with Crippen LogP contribution in [0.3, 0.4) is 0 Å². The van der Waals surface area contributed by atoms with Crippen molar-refractivity contribution in [2.24, 2.45) is 0 Å². The van der Waals surface area contributed by atoms with Crippen molar-refractivity contribution in [3.8, 4) is 0 Å². The van der Waals surface area contributed by atoms with Crippen molar-refractivity contribution in [3.63, 3.8) is 0 Å². The molecule has 0 spiro atoms. The van der Waals surface area contributed by atoms with Crippen LogP contribution in [0.5, 0.6) is 0 Å². The van der Waals surface area contributed by atoms with E-state index in [4.69, 9.17) is 5.73 Å². The average molecular weight is 334 g/mol. The Labute approximate surface area is 126 Å². The summed E-state index contributed by atoms with van der Waals surface area (Å²) < 4.78 is 0.682. The summed E-state index contributed by atoms with van der Waals surface area (Å²) in [4.78, 5) is 16.0. The predicted molar refractivity (Wildman–Crippen MR) is 84.5 cm³/mol. The zero-order chi connectivity index (χ0) is 14.5. The summed E-state index contributed by atoms with van der Waals surface area (Å²) in [6.07, 6.45) is 2.65. The van der Waals surface area contributed by atoms with Gasteiger partial charge in [-0.1, -0.05) is 24.3 Å². The van der Waals surface area contributed by atoms with Gasteiger partial charge in [0.15, 0.2) is 0 Å². The maximum atomic E-state index is 11.9. The van der Waals surface area contributed by atoms with Crippen LogP contribution in [0.1, 0.15) is 17.5 Å². The molecule has 0 bridgehead atoms. The lowest BCUT2D eigenvalue weighted by Crippen LogP contribution is -2.14. The van der Waals surface area contributed by atoms with Crippen LogP contribution in [-0.4, -0.2) is 10.9 Å². The van der Waals surface area contributed by atoms with Gasteiger partial charge in [-0.2, -0.15) is 0 Å². The number of carbonyl (C=O) groups is 1. The molecule has 5 heteroatoms. The first-order valence-electron chi connectivity index (χ1n) is 6.31. The second kappa shape index (κ2) is 6.52. The third-order valence-electron chi connectivity index (χ3n) is 3.00. The average Bonchev–Trinajstić information content (AvgIpc) is 2.41. The van der Waals surface area contributed by atoms with Crippen molar-refractivity contribution in [1.82, 2.24) is 4.98 Å². The molecule has 104 valence electrons. The molecule has 0 aliphatic carbocycles. The molecule has 2 aromatic rings. The third kappa shape index (κ3) is 3.81. The predicted octanol–water partition coefficient (Wildman–Crippen LogP) is 3.31. The highest BCUT2D eigenvalue weighted by molar-refractivity contribution is 9.10. The van der Waals surface area contributed by atoms with Gasteiger partial charge in [0.1, 0.15) is 5.82 Å². The van der Waals surface area contributed by atoms with E-state index in [1.54, 1.807) is 6.07 Å². The highest BCUT2D eigenvalue weighted by Crippen LogP contribution is 2.22. The SMILES string of the molecule is Cc1ccccc1CCC(=O)Nc1ncc(N)cc1Br. The summed E-state index contributed by atoms with van der Waals surface area (Å²) in [5, 5.41) is 2.77. The quantitative estimate of drug-likeness (QED) is 0.901. The molecule has 1 aromatic heterocycles. The molecule has 0 aliphatic heterocycles. The lowest BCUT2D eigenvalue weighted by atomic mass is 10.0. The summed E-state index contributed by atoms with van der Waals surface area (Å²) in [5.41, 5.74) is 8.54. The summed E-state index contributed by atoms with van der Waals surface area (Å²) in [6, 6.07) is 9.78. The standard InChI is InChI=1S/C15H16BrN3O/c1-10-4-2-3-5-11(10)6-7-14(20)19-15-13(16)8-12(17)9-18-15/h2-5,8-9H,6-7,17H2,1H3,(H,18,19,20). The van der Waals surface area contributed by atoms with Crippen LogP contribution >= 0.6 is 15.9 Å². The van der Waals surface area contributed by atoms with Crippen LogP contribution in [-0.2, 0) is 11.2 Å². The molecule has 0 atom stereocenters. The Bertz CT molecular complexity index is 628. The molecule has 2 rings (SSSR count). The molecule has 1 heterocycles. The van der Waals surface area contributed by atoms with Crippen molar-refractivity contribution in [3.05, 3.63) is 52.1 Å². The largest absolute Gasteiger partial charge is 0.397 e. The van der Waals surface area contributed by atoms with Gasteiger partial charge in [-0.15, -0.1) is 0 Å². The fraction of sp³-hybridized carbons (Fsp3) is 0.200. The van der Waals surface area contributed by atoms with Gasteiger partial charge in [0.05, 0.1) is 16.4 Å². The zero-order valence-corrected chi connectivity index (χ0v) is 12.8. The first-order chi connectivity index (χ1) is 9.56. The molecule has 0 saturated carbocycles. The molecular formula is C15H16BrN3O. The molecule has 4 nitrogen and oxygen atoms in total. The highest BCUT2D eigenvalue weighted by atomic mass is 79.9. The number of amides is 1. The summed E-state index contributed by atoms with van der Waals surface area (Å²) in [7, 11) is 0. The van der Waals surface area contributed by atoms with Crippen molar-refractivity contribution >= 4 is 33.3 Å². The molecule has 0 saturated heterocycles. The van der Waals surface area contributed by atoms with Crippen LogP contribution in [0.2, 0.25) is 0 Å². The van der Waals surface area contributed by atoms with Crippen molar-refractivity contribution < 1.29 is 4.79 Å². The van der Waals surface area contributed by atoms with Crippen LogP contribution < -0.4 is 11.1 Å². The van der Waals surface area contributed by atoms with E-state index in [0.717, 1.165) is 0 Å². The normalized spacial score (nSPS) is 10.3. The number of nitrogen functional groups attached to an aromatic ring is 1. The van der Waals surface area contributed by atoms with Gasteiger partial charge in [0.25, 0.3) is 0 Å². The lowest BCUT2D eigenvalue weighted by molar-refractivity contribution is -0.116. The molecule has 1 aromatic carbocycles. The van der Waals surface area contributed by atoms with E-state index in [0.29, 0.717) is 28.8 Å². The number of anilines is 2. The number of aryl methyl sites for hydroxylation is 2. The van der Waals surface area contributed by atoms with E-state index in [9.17, 15) is 4.79 Å². The Balaban J connectivity index is 1.94. The minimum absolute atomic E-state index is 0.0637. The second-order valence-electron chi connectivity index (χ2n) is 4.57. The summed E-state index contributed by atoms with van der Waals surface area (Å²) in [5.74, 6) is 0.431. The fourth-order valence-corrected chi connectivity index (χ4v) is 2.34. The maximum absolute atomic E-state index is 11.9. The molecule has 20 heavy (non-hydrogen) atoms. The fourth-order valence-electron chi connectivity index (χ4n) is 1.88. The number of hydrogen-bond acceptors (Lipinski definition) is 3. The molecule has 0 fully saturated rings. The maximum Gasteiger partial charge on any atom is 0.225 e. The topological polar surface area (TPSA) is 68.0 Å². The van der Waals surface area contributed by atoms with Crippen LogP contribution in [0.25, 0.3) is 0 Å². The number of carbonyl (C=O) groups excluding carboxylic acids is 1. The zero-order valence-electron chi connectivity index (χ0n) is 11.2. The Hall–Kier alpha value is -1.88. The van der Waals surface area contributed by atoms with Crippen molar-refractivity contribution in [2.45, 2.75) is 19.8 Å². The number of nitrogens with zero attached hydrogens (tertiary/aromatic N) is 1. The van der Waals surface area contributed by atoms with Gasteiger partial charge < -0.3 is 11.1 Å². The number of aromatic nitrogens is 1. The summed E-state index contributed by atoms with van der Waals surface area (Å²) in [6.45, 7) is 2.05. The minimum Gasteiger partial charge on any atom is -0.397 e. The third-order valence-corrected chi connectivity index (χ3v) is 3.61. The van der Waals surface area contributed by atoms with Gasteiger partial charge in [-0.25, -0.2) is 4.98 Å². The first-order valence-corrected chi connectivity index (χ1v) is 7.11. The molecule has 0 aliphatic rings. The van der Waals surface area contributed by atoms with Crippen LogP contribution in [0.15, 0.2) is 41.0 Å². The summed E-state index contributed by atoms with van der Waals surface area (Å²) >= 11 is 3.33. The van der Waals surface area contributed by atoms with E-state index in [-0.39, 0.29) is 5.91 Å².